The van der Waals surface area contributed by atoms with Crippen molar-refractivity contribution in [3.8, 4) is 0 Å². The van der Waals surface area contributed by atoms with Crippen LogP contribution in [0.25, 0.3) is 0 Å². The van der Waals surface area contributed by atoms with Gasteiger partial charge in [-0.2, -0.15) is 0 Å². The van der Waals surface area contributed by atoms with E-state index in [2.05, 4.69) is 47.5 Å². The summed E-state index contributed by atoms with van der Waals surface area (Å²) in [5.41, 5.74) is 1.37. The number of unbranched alkanes of at least 4 members (excludes halogenated alkanes) is 1. The average molecular weight is 288 g/mol. The van der Waals surface area contributed by atoms with Gasteiger partial charge < -0.3 is 10.2 Å². The lowest BCUT2D eigenvalue weighted by Gasteiger charge is -2.26. The minimum absolute atomic E-state index is 0.760. The molecule has 21 heavy (non-hydrogen) atoms. The zero-order valence-electron chi connectivity index (χ0n) is 13.7. The Balaban J connectivity index is 1.78. The highest BCUT2D eigenvalue weighted by Gasteiger charge is 2.12. The molecule has 1 aromatic rings. The van der Waals surface area contributed by atoms with E-state index in [1.54, 1.807) is 0 Å². The molecule has 0 aliphatic heterocycles. The van der Waals surface area contributed by atoms with Crippen LogP contribution in [0.15, 0.2) is 30.3 Å². The van der Waals surface area contributed by atoms with Gasteiger partial charge >= 0.3 is 0 Å². The fourth-order valence-corrected chi connectivity index (χ4v) is 3.24. The number of nitrogens with one attached hydrogen (secondary N) is 1. The second kappa shape index (κ2) is 9.83. The molecule has 0 saturated heterocycles. The molecule has 1 fully saturated rings. The van der Waals surface area contributed by atoms with Crippen LogP contribution >= 0.6 is 0 Å². The van der Waals surface area contributed by atoms with Crippen LogP contribution in [-0.2, 0) is 0 Å². The first-order chi connectivity index (χ1) is 10.4. The van der Waals surface area contributed by atoms with Gasteiger partial charge in [-0.1, -0.05) is 57.2 Å². The van der Waals surface area contributed by atoms with Crippen molar-refractivity contribution in [2.24, 2.45) is 0 Å². The minimum atomic E-state index is 0.760. The molecule has 1 aliphatic rings. The van der Waals surface area contributed by atoms with Crippen LogP contribution in [0.1, 0.15) is 58.3 Å². The Hall–Kier alpha value is -1.02. The summed E-state index contributed by atoms with van der Waals surface area (Å²) in [6.07, 6.45) is 11.0. The lowest BCUT2D eigenvalue weighted by Crippen LogP contribution is -2.37. The maximum absolute atomic E-state index is 3.80. The molecule has 2 heteroatoms. The van der Waals surface area contributed by atoms with Gasteiger partial charge in [0, 0.05) is 31.4 Å². The molecule has 118 valence electrons. The van der Waals surface area contributed by atoms with Gasteiger partial charge in [0.05, 0.1) is 0 Å². The van der Waals surface area contributed by atoms with E-state index in [1.165, 1.54) is 63.6 Å². The van der Waals surface area contributed by atoms with E-state index in [0.717, 1.165) is 19.1 Å². The van der Waals surface area contributed by atoms with Gasteiger partial charge in [0.15, 0.2) is 0 Å². The largest absolute Gasteiger partial charge is 0.370 e. The summed E-state index contributed by atoms with van der Waals surface area (Å²) in [4.78, 5) is 2.53. The molecule has 0 amide bonds. The van der Waals surface area contributed by atoms with E-state index < -0.39 is 0 Å². The van der Waals surface area contributed by atoms with E-state index in [0.29, 0.717) is 0 Å². The van der Waals surface area contributed by atoms with Crippen molar-refractivity contribution < 1.29 is 0 Å². The van der Waals surface area contributed by atoms with E-state index in [-0.39, 0.29) is 0 Å². The molecular formula is C19H32N2. The molecule has 0 radical (unpaired) electrons. The monoisotopic (exact) mass is 288 g/mol. The van der Waals surface area contributed by atoms with E-state index in [4.69, 9.17) is 0 Å². The van der Waals surface area contributed by atoms with Gasteiger partial charge in [-0.15, -0.1) is 0 Å². The molecule has 1 aromatic carbocycles. The van der Waals surface area contributed by atoms with Gasteiger partial charge in [0.1, 0.15) is 0 Å². The van der Waals surface area contributed by atoms with Crippen LogP contribution in [0, 0.1) is 0 Å². The SMILES string of the molecule is CCCCN(CCNC1CCCCCC1)c1ccccc1. The number of para-hydroxylation sites is 1. The molecule has 1 aliphatic carbocycles. The Morgan fingerprint density at radius 3 is 2.38 bits per heavy atom. The number of benzene rings is 1. The smallest absolute Gasteiger partial charge is 0.0366 e. The molecule has 1 saturated carbocycles. The van der Waals surface area contributed by atoms with E-state index in [1.807, 2.05) is 0 Å². The molecule has 2 rings (SSSR count). The molecule has 0 bridgehead atoms. The molecule has 0 atom stereocenters. The first kappa shape index (κ1) is 16.4. The predicted octanol–water partition coefficient (Wildman–Crippen LogP) is 4.61. The Labute approximate surface area is 130 Å². The molecule has 0 heterocycles. The Morgan fingerprint density at radius 2 is 1.71 bits per heavy atom. The minimum Gasteiger partial charge on any atom is -0.370 e. The van der Waals surface area contributed by atoms with Crippen molar-refractivity contribution >= 4 is 5.69 Å². The fraction of sp³-hybridized carbons (Fsp3) is 0.684. The fourth-order valence-electron chi connectivity index (χ4n) is 3.24. The molecule has 1 N–H and O–H groups in total. The predicted molar refractivity (Wildman–Crippen MR) is 93.1 cm³/mol. The summed E-state index contributed by atoms with van der Waals surface area (Å²) in [5.74, 6) is 0. The number of rotatable bonds is 8. The summed E-state index contributed by atoms with van der Waals surface area (Å²) in [5, 5.41) is 3.80. The van der Waals surface area contributed by atoms with Crippen molar-refractivity contribution in [3.63, 3.8) is 0 Å². The highest BCUT2D eigenvalue weighted by Crippen LogP contribution is 2.17. The third kappa shape index (κ3) is 6.09. The normalized spacial score (nSPS) is 16.6. The topological polar surface area (TPSA) is 15.3 Å². The van der Waals surface area contributed by atoms with Crippen LogP contribution in [0.2, 0.25) is 0 Å². The Bertz CT molecular complexity index is 355. The zero-order chi connectivity index (χ0) is 14.8. The summed E-state index contributed by atoms with van der Waals surface area (Å²) in [6.45, 7) is 5.68. The van der Waals surface area contributed by atoms with Crippen LogP contribution in [0.5, 0.6) is 0 Å². The van der Waals surface area contributed by atoms with Crippen molar-refractivity contribution in [1.29, 1.82) is 0 Å². The highest BCUT2D eigenvalue weighted by molar-refractivity contribution is 5.45. The molecular weight excluding hydrogens is 256 g/mol. The lowest BCUT2D eigenvalue weighted by molar-refractivity contribution is 0.461. The summed E-state index contributed by atoms with van der Waals surface area (Å²) in [7, 11) is 0. The highest BCUT2D eigenvalue weighted by atomic mass is 15.1. The molecule has 0 unspecified atom stereocenters. The molecule has 0 spiro atoms. The molecule has 0 aromatic heterocycles. The maximum Gasteiger partial charge on any atom is 0.0366 e. The number of hydrogen-bond donors (Lipinski definition) is 1. The Kier molecular flexibility index (Phi) is 7.66. The van der Waals surface area contributed by atoms with Crippen LogP contribution < -0.4 is 10.2 Å². The standard InChI is InChI=1S/C19H32N2/c1-2-3-16-21(19-13-9-6-10-14-19)17-15-20-18-11-7-4-5-8-12-18/h6,9-10,13-14,18,20H,2-5,7-8,11-12,15-17H2,1H3. The van der Waals surface area contributed by atoms with E-state index in [9.17, 15) is 0 Å². The van der Waals surface area contributed by atoms with Crippen LogP contribution in [-0.4, -0.2) is 25.7 Å². The Morgan fingerprint density at radius 1 is 1.00 bits per heavy atom. The van der Waals surface area contributed by atoms with Gasteiger partial charge in [-0.25, -0.2) is 0 Å². The third-order valence-electron chi connectivity index (χ3n) is 4.57. The number of hydrogen-bond acceptors (Lipinski definition) is 2. The lowest BCUT2D eigenvalue weighted by atomic mass is 10.1. The van der Waals surface area contributed by atoms with E-state index >= 15 is 0 Å². The van der Waals surface area contributed by atoms with Gasteiger partial charge in [0.2, 0.25) is 0 Å². The quantitative estimate of drug-likeness (QED) is 0.703. The molecule has 2 nitrogen and oxygen atoms in total. The van der Waals surface area contributed by atoms with Gasteiger partial charge in [-0.05, 0) is 31.4 Å². The van der Waals surface area contributed by atoms with Crippen molar-refractivity contribution in [2.75, 3.05) is 24.5 Å². The zero-order valence-corrected chi connectivity index (χ0v) is 13.7. The number of anilines is 1. The summed E-state index contributed by atoms with van der Waals surface area (Å²) in [6, 6.07) is 11.6. The third-order valence-corrected chi connectivity index (χ3v) is 4.57. The average Bonchev–Trinajstić information content (AvgIpc) is 2.80. The first-order valence-corrected chi connectivity index (χ1v) is 8.93. The van der Waals surface area contributed by atoms with Gasteiger partial charge in [-0.3, -0.25) is 0 Å². The summed E-state index contributed by atoms with van der Waals surface area (Å²) >= 11 is 0. The van der Waals surface area contributed by atoms with Crippen molar-refractivity contribution in [3.05, 3.63) is 30.3 Å². The first-order valence-electron chi connectivity index (χ1n) is 8.93. The van der Waals surface area contributed by atoms with Gasteiger partial charge in [0.25, 0.3) is 0 Å². The van der Waals surface area contributed by atoms with Crippen LogP contribution in [0.3, 0.4) is 0 Å². The van der Waals surface area contributed by atoms with Crippen LogP contribution in [0.4, 0.5) is 5.69 Å². The maximum atomic E-state index is 3.80. The summed E-state index contributed by atoms with van der Waals surface area (Å²) < 4.78 is 0. The second-order valence-electron chi connectivity index (χ2n) is 6.32. The van der Waals surface area contributed by atoms with Crippen molar-refractivity contribution in [2.45, 2.75) is 64.3 Å². The van der Waals surface area contributed by atoms with Crippen molar-refractivity contribution in [1.82, 2.24) is 5.32 Å². The second-order valence-corrected chi connectivity index (χ2v) is 6.32. The number of nitrogens with zero attached hydrogens (tertiary/aromatic N) is 1.